The van der Waals surface area contributed by atoms with E-state index in [1.807, 2.05) is 4.90 Å². The van der Waals surface area contributed by atoms with Crippen molar-refractivity contribution in [1.29, 1.82) is 0 Å². The van der Waals surface area contributed by atoms with Crippen molar-refractivity contribution in [3.63, 3.8) is 0 Å². The van der Waals surface area contributed by atoms with Gasteiger partial charge in [-0.2, -0.15) is 9.97 Å². The number of hydrogen-bond acceptors (Lipinski definition) is 7. The quantitative estimate of drug-likeness (QED) is 0.736. The first-order valence-corrected chi connectivity index (χ1v) is 5.33. The molecule has 2 heterocycles. The van der Waals surface area contributed by atoms with Crippen molar-refractivity contribution < 1.29 is 14.3 Å². The van der Waals surface area contributed by atoms with E-state index >= 15 is 0 Å². The average Bonchev–Trinajstić information content (AvgIpc) is 2.39. The molecule has 1 aliphatic rings. The van der Waals surface area contributed by atoms with E-state index in [2.05, 4.69) is 15.0 Å². The van der Waals surface area contributed by atoms with Crippen LogP contribution in [0.15, 0.2) is 0 Å². The molecule has 0 N–H and O–H groups in total. The highest BCUT2D eigenvalue weighted by Crippen LogP contribution is 2.18. The second-order valence-corrected chi connectivity index (χ2v) is 3.63. The molecule has 1 aromatic rings. The van der Waals surface area contributed by atoms with Crippen LogP contribution in [0, 0.1) is 0 Å². The molecule has 0 radical (unpaired) electrons. The van der Waals surface area contributed by atoms with Crippen molar-refractivity contribution in [3.05, 3.63) is 0 Å². The van der Waals surface area contributed by atoms with Gasteiger partial charge in [-0.05, 0) is 0 Å². The standard InChI is InChI=1S/C10H14N4O3/c1-16-9-11-8(12-10(13-9)17-2)14-5-3-7(15)4-6-14/h3-6H2,1-2H3. The Kier molecular flexibility index (Phi) is 3.36. The number of hydrogen-bond donors (Lipinski definition) is 0. The third-order valence-corrected chi connectivity index (χ3v) is 2.55. The lowest BCUT2D eigenvalue weighted by Gasteiger charge is -2.25. The molecule has 7 heteroatoms. The molecule has 2 rings (SSSR count). The molecule has 0 atom stereocenters. The number of carbonyl (C=O) groups excluding carboxylic acids is 1. The van der Waals surface area contributed by atoms with Crippen LogP contribution in [0.4, 0.5) is 5.95 Å². The summed E-state index contributed by atoms with van der Waals surface area (Å²) in [7, 11) is 2.97. The summed E-state index contributed by atoms with van der Waals surface area (Å²) in [6, 6.07) is 0.424. The number of ketones is 1. The van der Waals surface area contributed by atoms with Gasteiger partial charge in [-0.1, -0.05) is 0 Å². The number of methoxy groups -OCH3 is 2. The van der Waals surface area contributed by atoms with Crippen molar-refractivity contribution in [2.24, 2.45) is 0 Å². The maximum Gasteiger partial charge on any atom is 0.324 e. The van der Waals surface area contributed by atoms with E-state index in [0.717, 1.165) is 0 Å². The summed E-state index contributed by atoms with van der Waals surface area (Å²) in [5, 5.41) is 0. The summed E-state index contributed by atoms with van der Waals surface area (Å²) in [6.07, 6.45) is 1.05. The smallest absolute Gasteiger partial charge is 0.324 e. The Morgan fingerprint density at radius 3 is 2.00 bits per heavy atom. The fraction of sp³-hybridized carbons (Fsp3) is 0.600. The Bertz CT molecular complexity index is 392. The molecule has 1 aromatic heterocycles. The van der Waals surface area contributed by atoms with E-state index in [9.17, 15) is 4.79 Å². The van der Waals surface area contributed by atoms with Gasteiger partial charge in [0.15, 0.2) is 0 Å². The summed E-state index contributed by atoms with van der Waals surface area (Å²) in [4.78, 5) is 25.3. The minimum Gasteiger partial charge on any atom is -0.467 e. The molecule has 0 saturated carbocycles. The largest absolute Gasteiger partial charge is 0.467 e. The van der Waals surface area contributed by atoms with E-state index in [1.54, 1.807) is 0 Å². The predicted molar refractivity (Wildman–Crippen MR) is 59.4 cm³/mol. The maximum absolute atomic E-state index is 11.2. The molecule has 0 aliphatic carbocycles. The lowest BCUT2D eigenvalue weighted by Crippen LogP contribution is -2.35. The number of piperidine rings is 1. The van der Waals surface area contributed by atoms with Crippen LogP contribution in [0.1, 0.15) is 12.8 Å². The molecule has 1 fully saturated rings. The van der Waals surface area contributed by atoms with Gasteiger partial charge in [0, 0.05) is 25.9 Å². The maximum atomic E-state index is 11.2. The number of aromatic nitrogens is 3. The highest BCUT2D eigenvalue weighted by molar-refractivity contribution is 5.80. The Hall–Kier alpha value is -1.92. The molecule has 1 saturated heterocycles. The second-order valence-electron chi connectivity index (χ2n) is 3.63. The molecular formula is C10H14N4O3. The van der Waals surface area contributed by atoms with E-state index in [4.69, 9.17) is 9.47 Å². The van der Waals surface area contributed by atoms with Gasteiger partial charge in [-0.3, -0.25) is 4.79 Å². The molecule has 17 heavy (non-hydrogen) atoms. The van der Waals surface area contributed by atoms with Crippen LogP contribution in [0.2, 0.25) is 0 Å². The van der Waals surface area contributed by atoms with Crippen molar-refractivity contribution >= 4 is 11.7 Å². The average molecular weight is 238 g/mol. The fourth-order valence-electron chi connectivity index (χ4n) is 1.61. The Morgan fingerprint density at radius 2 is 1.53 bits per heavy atom. The van der Waals surface area contributed by atoms with Crippen LogP contribution in [0.25, 0.3) is 0 Å². The molecule has 0 aromatic carbocycles. The third-order valence-electron chi connectivity index (χ3n) is 2.55. The van der Waals surface area contributed by atoms with Crippen LogP contribution in [0.5, 0.6) is 12.0 Å². The van der Waals surface area contributed by atoms with Gasteiger partial charge in [-0.25, -0.2) is 0 Å². The van der Waals surface area contributed by atoms with E-state index in [0.29, 0.717) is 31.9 Å². The third kappa shape index (κ3) is 2.61. The number of anilines is 1. The summed E-state index contributed by atoms with van der Waals surface area (Å²) in [5.74, 6) is 0.760. The molecule has 0 spiro atoms. The Labute approximate surface area is 98.8 Å². The normalized spacial score (nSPS) is 15.9. The lowest BCUT2D eigenvalue weighted by atomic mass is 10.1. The Balaban J connectivity index is 2.22. The van der Waals surface area contributed by atoms with Gasteiger partial charge in [0.05, 0.1) is 14.2 Å². The first-order chi connectivity index (χ1) is 8.22. The fourth-order valence-corrected chi connectivity index (χ4v) is 1.61. The van der Waals surface area contributed by atoms with E-state index in [1.165, 1.54) is 14.2 Å². The number of nitrogens with zero attached hydrogens (tertiary/aromatic N) is 4. The van der Waals surface area contributed by atoms with E-state index in [-0.39, 0.29) is 17.8 Å². The van der Waals surface area contributed by atoms with Gasteiger partial charge >= 0.3 is 12.0 Å². The van der Waals surface area contributed by atoms with Crippen LogP contribution in [-0.2, 0) is 4.79 Å². The van der Waals surface area contributed by atoms with Crippen LogP contribution < -0.4 is 14.4 Å². The molecular weight excluding hydrogens is 224 g/mol. The van der Waals surface area contributed by atoms with Crippen molar-refractivity contribution in [2.75, 3.05) is 32.2 Å². The molecule has 7 nitrogen and oxygen atoms in total. The minimum absolute atomic E-state index is 0.212. The van der Waals surface area contributed by atoms with Crippen LogP contribution in [0.3, 0.4) is 0 Å². The van der Waals surface area contributed by atoms with Gasteiger partial charge in [0.2, 0.25) is 5.95 Å². The summed E-state index contributed by atoms with van der Waals surface area (Å²) in [6.45, 7) is 1.24. The zero-order chi connectivity index (χ0) is 12.3. The summed E-state index contributed by atoms with van der Waals surface area (Å²) in [5.41, 5.74) is 0. The number of carbonyl (C=O) groups is 1. The topological polar surface area (TPSA) is 77.4 Å². The monoisotopic (exact) mass is 238 g/mol. The molecule has 0 unspecified atom stereocenters. The highest BCUT2D eigenvalue weighted by atomic mass is 16.5. The Morgan fingerprint density at radius 1 is 1.00 bits per heavy atom. The first-order valence-electron chi connectivity index (χ1n) is 5.33. The van der Waals surface area contributed by atoms with E-state index < -0.39 is 0 Å². The number of ether oxygens (including phenoxy) is 2. The van der Waals surface area contributed by atoms with Crippen LogP contribution in [-0.4, -0.2) is 48.0 Å². The number of rotatable bonds is 3. The predicted octanol–water partition coefficient (Wildman–Crippen LogP) is 0.0581. The number of Topliss-reactive ketones (excluding diaryl/α,β-unsaturated/α-hetero) is 1. The van der Waals surface area contributed by atoms with Gasteiger partial charge < -0.3 is 14.4 Å². The highest BCUT2D eigenvalue weighted by Gasteiger charge is 2.20. The zero-order valence-electron chi connectivity index (χ0n) is 9.84. The molecule has 0 bridgehead atoms. The van der Waals surface area contributed by atoms with Gasteiger partial charge in [0.1, 0.15) is 5.78 Å². The van der Waals surface area contributed by atoms with Gasteiger partial charge in [0.25, 0.3) is 0 Å². The van der Waals surface area contributed by atoms with Crippen molar-refractivity contribution in [1.82, 2.24) is 15.0 Å². The summed E-state index contributed by atoms with van der Waals surface area (Å²) < 4.78 is 9.95. The zero-order valence-corrected chi connectivity index (χ0v) is 9.84. The van der Waals surface area contributed by atoms with Crippen LogP contribution >= 0.6 is 0 Å². The lowest BCUT2D eigenvalue weighted by molar-refractivity contribution is -0.119. The molecule has 0 amide bonds. The molecule has 1 aliphatic heterocycles. The summed E-state index contributed by atoms with van der Waals surface area (Å²) >= 11 is 0. The van der Waals surface area contributed by atoms with Crippen molar-refractivity contribution in [3.8, 4) is 12.0 Å². The first kappa shape index (κ1) is 11.6. The second kappa shape index (κ2) is 4.94. The molecule has 92 valence electrons. The minimum atomic E-state index is 0.212. The van der Waals surface area contributed by atoms with Crippen molar-refractivity contribution in [2.45, 2.75) is 12.8 Å². The van der Waals surface area contributed by atoms with Gasteiger partial charge in [-0.15, -0.1) is 4.98 Å². The SMILES string of the molecule is COc1nc(OC)nc(N2CCC(=O)CC2)n1.